The van der Waals surface area contributed by atoms with Crippen molar-refractivity contribution in [1.82, 2.24) is 25.1 Å². The number of fused-ring (bicyclic) bond motifs is 1. The van der Waals surface area contributed by atoms with Crippen LogP contribution < -0.4 is 16.2 Å². The van der Waals surface area contributed by atoms with E-state index in [9.17, 15) is 14.4 Å². The zero-order valence-corrected chi connectivity index (χ0v) is 18.5. The third kappa shape index (κ3) is 5.09. The number of nitrogens with one attached hydrogen (secondary N) is 3. The molecule has 0 aliphatic carbocycles. The molecule has 3 N–H and O–H groups in total. The van der Waals surface area contributed by atoms with E-state index in [2.05, 4.69) is 25.7 Å². The first-order valence-corrected chi connectivity index (χ1v) is 10.6. The lowest BCUT2D eigenvalue weighted by Gasteiger charge is -2.10. The number of aromatic nitrogens is 4. The first kappa shape index (κ1) is 22.2. The average Bonchev–Trinajstić information content (AvgIpc) is 3.24. The number of nitrogens with zero attached hydrogens (tertiary/aromatic N) is 3. The Morgan fingerprint density at radius 1 is 1.09 bits per heavy atom. The molecule has 168 valence electrons. The number of anilines is 1. The van der Waals surface area contributed by atoms with E-state index in [0.717, 1.165) is 11.3 Å². The number of carbonyl (C=O) groups is 2. The SMILES string of the molecule is Cc1c(Cl)cccc1NC(=O)CNC(=O)CCc1nc2c(cnn2-c2ccccc2)c(=O)[nH]1. The summed E-state index contributed by atoms with van der Waals surface area (Å²) >= 11 is 6.05. The Kier molecular flexibility index (Phi) is 6.50. The van der Waals surface area contributed by atoms with Crippen LogP contribution in [0.5, 0.6) is 0 Å². The van der Waals surface area contributed by atoms with E-state index < -0.39 is 0 Å². The van der Waals surface area contributed by atoms with Crippen molar-refractivity contribution < 1.29 is 9.59 Å². The fourth-order valence-corrected chi connectivity index (χ4v) is 3.45. The molecule has 0 spiro atoms. The van der Waals surface area contributed by atoms with Crippen LogP contribution in [-0.4, -0.2) is 38.1 Å². The predicted molar refractivity (Wildman–Crippen MR) is 126 cm³/mol. The van der Waals surface area contributed by atoms with Crippen molar-refractivity contribution in [3.05, 3.63) is 81.5 Å². The van der Waals surface area contributed by atoms with E-state index in [1.54, 1.807) is 29.8 Å². The smallest absolute Gasteiger partial charge is 0.262 e. The van der Waals surface area contributed by atoms with E-state index in [1.165, 1.54) is 6.20 Å². The van der Waals surface area contributed by atoms with Crippen molar-refractivity contribution in [2.75, 3.05) is 11.9 Å². The Hall–Kier alpha value is -3.98. The third-order valence-corrected chi connectivity index (χ3v) is 5.47. The van der Waals surface area contributed by atoms with Gasteiger partial charge in [-0.1, -0.05) is 35.9 Å². The lowest BCUT2D eigenvalue weighted by atomic mass is 10.2. The molecule has 0 aliphatic rings. The molecule has 0 saturated carbocycles. The summed E-state index contributed by atoms with van der Waals surface area (Å²) in [4.78, 5) is 44.0. The van der Waals surface area contributed by atoms with Gasteiger partial charge in [-0.15, -0.1) is 0 Å². The van der Waals surface area contributed by atoms with Crippen molar-refractivity contribution >= 4 is 40.1 Å². The number of aromatic amines is 1. The second kappa shape index (κ2) is 9.66. The summed E-state index contributed by atoms with van der Waals surface area (Å²) < 4.78 is 1.58. The van der Waals surface area contributed by atoms with Gasteiger partial charge in [-0.25, -0.2) is 9.67 Å². The third-order valence-electron chi connectivity index (χ3n) is 5.06. The Morgan fingerprint density at radius 2 is 1.88 bits per heavy atom. The fourth-order valence-electron chi connectivity index (χ4n) is 3.28. The molecule has 0 atom stereocenters. The zero-order valence-electron chi connectivity index (χ0n) is 17.8. The van der Waals surface area contributed by atoms with Gasteiger partial charge in [-0.3, -0.25) is 14.4 Å². The van der Waals surface area contributed by atoms with E-state index in [1.807, 2.05) is 30.3 Å². The first-order chi connectivity index (χ1) is 15.9. The van der Waals surface area contributed by atoms with Crippen LogP contribution in [-0.2, 0) is 16.0 Å². The monoisotopic (exact) mass is 464 g/mol. The number of benzene rings is 2. The summed E-state index contributed by atoms with van der Waals surface area (Å²) in [7, 11) is 0. The van der Waals surface area contributed by atoms with Gasteiger partial charge in [0.2, 0.25) is 11.8 Å². The lowest BCUT2D eigenvalue weighted by Crippen LogP contribution is -2.33. The maximum Gasteiger partial charge on any atom is 0.262 e. The van der Waals surface area contributed by atoms with Gasteiger partial charge in [0.15, 0.2) is 5.65 Å². The van der Waals surface area contributed by atoms with E-state index >= 15 is 0 Å². The molecule has 0 fully saturated rings. The van der Waals surface area contributed by atoms with Crippen LogP contribution in [0.25, 0.3) is 16.7 Å². The summed E-state index contributed by atoms with van der Waals surface area (Å²) in [6, 6.07) is 14.5. The number of halogens is 1. The van der Waals surface area contributed by atoms with E-state index in [0.29, 0.717) is 27.6 Å². The number of hydrogen-bond acceptors (Lipinski definition) is 5. The van der Waals surface area contributed by atoms with Gasteiger partial charge < -0.3 is 15.6 Å². The van der Waals surface area contributed by atoms with Crippen molar-refractivity contribution in [3.63, 3.8) is 0 Å². The number of aryl methyl sites for hydroxylation is 1. The first-order valence-electron chi connectivity index (χ1n) is 10.3. The van der Waals surface area contributed by atoms with Crippen molar-refractivity contribution in [2.45, 2.75) is 19.8 Å². The molecule has 0 aliphatic heterocycles. The molecular weight excluding hydrogens is 444 g/mol. The summed E-state index contributed by atoms with van der Waals surface area (Å²) in [6.07, 6.45) is 1.72. The van der Waals surface area contributed by atoms with E-state index in [-0.39, 0.29) is 36.8 Å². The van der Waals surface area contributed by atoms with Crippen LogP contribution in [0.3, 0.4) is 0 Å². The molecule has 2 heterocycles. The molecule has 33 heavy (non-hydrogen) atoms. The summed E-state index contributed by atoms with van der Waals surface area (Å²) in [5.74, 6) is -0.347. The molecule has 4 rings (SSSR count). The number of rotatable bonds is 7. The predicted octanol–water partition coefficient (Wildman–Crippen LogP) is 2.76. The van der Waals surface area contributed by atoms with Gasteiger partial charge in [0.25, 0.3) is 5.56 Å². The second-order valence-electron chi connectivity index (χ2n) is 7.38. The molecule has 0 unspecified atom stereocenters. The highest BCUT2D eigenvalue weighted by Gasteiger charge is 2.13. The highest BCUT2D eigenvalue weighted by molar-refractivity contribution is 6.31. The molecular formula is C23H21ClN6O3. The van der Waals surface area contributed by atoms with Gasteiger partial charge in [0.1, 0.15) is 11.2 Å². The fraction of sp³-hybridized carbons (Fsp3) is 0.174. The molecule has 10 heteroatoms. The summed E-state index contributed by atoms with van der Waals surface area (Å²) in [5.41, 5.74) is 2.20. The van der Waals surface area contributed by atoms with Crippen molar-refractivity contribution in [1.29, 1.82) is 0 Å². The molecule has 4 aromatic rings. The molecule has 2 amide bonds. The Bertz CT molecular complexity index is 1380. The van der Waals surface area contributed by atoms with Gasteiger partial charge in [0, 0.05) is 23.6 Å². The Balaban J connectivity index is 1.37. The maximum absolute atomic E-state index is 12.4. The highest BCUT2D eigenvalue weighted by atomic mass is 35.5. The van der Waals surface area contributed by atoms with Crippen molar-refractivity contribution in [2.24, 2.45) is 0 Å². The normalized spacial score (nSPS) is 10.8. The van der Waals surface area contributed by atoms with Crippen LogP contribution >= 0.6 is 11.6 Å². The van der Waals surface area contributed by atoms with Gasteiger partial charge >= 0.3 is 0 Å². The molecule has 0 saturated heterocycles. The minimum Gasteiger partial charge on any atom is -0.347 e. The van der Waals surface area contributed by atoms with E-state index in [4.69, 9.17) is 11.6 Å². The minimum absolute atomic E-state index is 0.0530. The summed E-state index contributed by atoms with van der Waals surface area (Å²) in [6.45, 7) is 1.61. The van der Waals surface area contributed by atoms with Crippen molar-refractivity contribution in [3.8, 4) is 5.69 Å². The van der Waals surface area contributed by atoms with Crippen LogP contribution in [0.15, 0.2) is 59.5 Å². The largest absolute Gasteiger partial charge is 0.347 e. The number of H-pyrrole nitrogens is 1. The zero-order chi connectivity index (χ0) is 23.4. The number of para-hydroxylation sites is 1. The maximum atomic E-state index is 12.4. The average molecular weight is 465 g/mol. The quantitative estimate of drug-likeness (QED) is 0.388. The van der Waals surface area contributed by atoms with Gasteiger partial charge in [0.05, 0.1) is 18.4 Å². The molecule has 2 aromatic carbocycles. The molecule has 2 aromatic heterocycles. The number of carbonyl (C=O) groups excluding carboxylic acids is 2. The molecule has 0 bridgehead atoms. The van der Waals surface area contributed by atoms with Crippen LogP contribution in [0, 0.1) is 6.92 Å². The van der Waals surface area contributed by atoms with Crippen LogP contribution in [0.2, 0.25) is 5.02 Å². The Labute approximate surface area is 193 Å². The molecule has 9 nitrogen and oxygen atoms in total. The topological polar surface area (TPSA) is 122 Å². The van der Waals surface area contributed by atoms with Crippen LogP contribution in [0.1, 0.15) is 17.8 Å². The Morgan fingerprint density at radius 3 is 2.67 bits per heavy atom. The lowest BCUT2D eigenvalue weighted by molar-refractivity contribution is -0.124. The highest BCUT2D eigenvalue weighted by Crippen LogP contribution is 2.22. The number of hydrogen-bond donors (Lipinski definition) is 3. The molecule has 0 radical (unpaired) electrons. The summed E-state index contributed by atoms with van der Waals surface area (Å²) in [5, 5.41) is 10.5. The van der Waals surface area contributed by atoms with Crippen LogP contribution in [0.4, 0.5) is 5.69 Å². The van der Waals surface area contributed by atoms with Gasteiger partial charge in [-0.05, 0) is 36.8 Å². The standard InChI is InChI=1S/C23H21ClN6O3/c1-14-17(24)8-5-9-18(14)27-21(32)13-25-20(31)11-10-19-28-22-16(23(33)29-19)12-26-30(22)15-6-3-2-4-7-15/h2-9,12H,10-11,13H2,1H3,(H,25,31)(H,27,32)(H,28,29,33). The minimum atomic E-state index is -0.367. The van der Waals surface area contributed by atoms with Gasteiger partial charge in [-0.2, -0.15) is 5.10 Å². The second-order valence-corrected chi connectivity index (χ2v) is 7.79. The number of amides is 2.